The van der Waals surface area contributed by atoms with Crippen molar-refractivity contribution in [2.75, 3.05) is 32.8 Å². The third-order valence-corrected chi connectivity index (χ3v) is 5.95. The SMILES string of the molecule is O=C(CCCn1c(=O)oc2ccccc21)NCC(c1ccccc1Cl)N1CCOCC1. The maximum Gasteiger partial charge on any atom is 0.419 e. The second kappa shape index (κ2) is 10.1. The van der Waals surface area contributed by atoms with E-state index in [-0.39, 0.29) is 11.9 Å². The molecule has 164 valence electrons. The smallest absolute Gasteiger partial charge is 0.408 e. The fraction of sp³-hybridized carbons (Fsp3) is 0.391. The molecule has 1 N–H and O–H groups in total. The Morgan fingerprint density at radius 1 is 1.10 bits per heavy atom. The number of nitrogens with one attached hydrogen (secondary N) is 1. The first-order valence-electron chi connectivity index (χ1n) is 10.5. The molecule has 1 saturated heterocycles. The topological polar surface area (TPSA) is 76.7 Å². The van der Waals surface area contributed by atoms with Gasteiger partial charge in [-0.1, -0.05) is 41.9 Å². The van der Waals surface area contributed by atoms with E-state index in [1.807, 2.05) is 42.5 Å². The minimum Gasteiger partial charge on any atom is -0.408 e. The molecule has 1 unspecified atom stereocenters. The van der Waals surface area contributed by atoms with Gasteiger partial charge < -0.3 is 14.5 Å². The first-order valence-corrected chi connectivity index (χ1v) is 10.9. The van der Waals surface area contributed by atoms with Crippen molar-refractivity contribution < 1.29 is 13.9 Å². The van der Waals surface area contributed by atoms with E-state index in [0.717, 1.165) is 24.2 Å². The van der Waals surface area contributed by atoms with Crippen LogP contribution in [0, 0.1) is 0 Å². The second-order valence-corrected chi connectivity index (χ2v) is 7.99. The van der Waals surface area contributed by atoms with Gasteiger partial charge in [-0.25, -0.2) is 4.79 Å². The Morgan fingerprint density at radius 2 is 1.84 bits per heavy atom. The van der Waals surface area contributed by atoms with Gasteiger partial charge in [0.1, 0.15) is 0 Å². The normalized spacial score (nSPS) is 15.8. The van der Waals surface area contributed by atoms with Gasteiger partial charge in [0.15, 0.2) is 5.58 Å². The zero-order chi connectivity index (χ0) is 21.6. The summed E-state index contributed by atoms with van der Waals surface area (Å²) in [5.41, 5.74) is 2.31. The van der Waals surface area contributed by atoms with Gasteiger partial charge in [0, 0.05) is 37.6 Å². The van der Waals surface area contributed by atoms with Crippen molar-refractivity contribution >= 4 is 28.6 Å². The zero-order valence-corrected chi connectivity index (χ0v) is 18.0. The van der Waals surface area contributed by atoms with E-state index < -0.39 is 5.76 Å². The van der Waals surface area contributed by atoms with Crippen LogP contribution in [0.15, 0.2) is 57.7 Å². The molecule has 1 amide bonds. The van der Waals surface area contributed by atoms with Crippen LogP contribution in [0.2, 0.25) is 5.02 Å². The van der Waals surface area contributed by atoms with Crippen LogP contribution in [0.4, 0.5) is 0 Å². The summed E-state index contributed by atoms with van der Waals surface area (Å²) in [6, 6.07) is 15.0. The van der Waals surface area contributed by atoms with Crippen LogP contribution in [0.1, 0.15) is 24.4 Å². The molecule has 3 aromatic rings. The van der Waals surface area contributed by atoms with Crippen LogP contribution < -0.4 is 11.1 Å². The average Bonchev–Trinajstić information content (AvgIpc) is 3.11. The summed E-state index contributed by atoms with van der Waals surface area (Å²) in [5, 5.41) is 3.74. The number of ether oxygens (including phenoxy) is 1. The van der Waals surface area contributed by atoms with Crippen LogP contribution in [0.5, 0.6) is 0 Å². The lowest BCUT2D eigenvalue weighted by Gasteiger charge is -2.35. The van der Waals surface area contributed by atoms with Crippen LogP contribution >= 0.6 is 11.6 Å². The van der Waals surface area contributed by atoms with Crippen LogP contribution in [0.3, 0.4) is 0 Å². The molecule has 0 saturated carbocycles. The molecule has 0 aliphatic carbocycles. The molecule has 1 atom stereocenters. The number of carbonyl (C=O) groups is 1. The molecule has 0 bridgehead atoms. The van der Waals surface area contributed by atoms with Crippen LogP contribution in [-0.2, 0) is 16.1 Å². The molecule has 0 spiro atoms. The molecule has 2 aromatic carbocycles. The zero-order valence-electron chi connectivity index (χ0n) is 17.3. The predicted molar refractivity (Wildman–Crippen MR) is 119 cm³/mol. The molecule has 31 heavy (non-hydrogen) atoms. The molecule has 4 rings (SSSR count). The minimum absolute atomic E-state index is 0.0120. The number of oxazole rings is 1. The highest BCUT2D eigenvalue weighted by Gasteiger charge is 2.24. The summed E-state index contributed by atoms with van der Waals surface area (Å²) in [5.74, 6) is -0.445. The molecule has 1 aliphatic rings. The third-order valence-electron chi connectivity index (χ3n) is 5.60. The molecule has 1 fully saturated rings. The molecule has 1 aliphatic heterocycles. The summed E-state index contributed by atoms with van der Waals surface area (Å²) < 4.78 is 12.3. The number of para-hydroxylation sites is 2. The summed E-state index contributed by atoms with van der Waals surface area (Å²) in [4.78, 5) is 26.9. The number of amides is 1. The second-order valence-electron chi connectivity index (χ2n) is 7.58. The number of halogens is 1. The first kappa shape index (κ1) is 21.6. The van der Waals surface area contributed by atoms with E-state index in [4.69, 9.17) is 20.8 Å². The van der Waals surface area contributed by atoms with E-state index in [1.165, 1.54) is 0 Å². The summed E-state index contributed by atoms with van der Waals surface area (Å²) in [6.45, 7) is 3.83. The van der Waals surface area contributed by atoms with Crippen molar-refractivity contribution in [3.8, 4) is 0 Å². The monoisotopic (exact) mass is 443 g/mol. The quantitative estimate of drug-likeness (QED) is 0.578. The number of aryl methyl sites for hydroxylation is 1. The molecule has 1 aromatic heterocycles. The van der Waals surface area contributed by atoms with E-state index in [9.17, 15) is 9.59 Å². The number of benzene rings is 2. The first-order chi connectivity index (χ1) is 15.1. The van der Waals surface area contributed by atoms with Crippen molar-refractivity contribution in [3.63, 3.8) is 0 Å². The Kier molecular flexibility index (Phi) is 7.06. The van der Waals surface area contributed by atoms with Gasteiger partial charge in [-0.05, 0) is 30.2 Å². The Bertz CT molecular complexity index is 1090. The summed E-state index contributed by atoms with van der Waals surface area (Å²) in [6.07, 6.45) is 0.869. The van der Waals surface area contributed by atoms with E-state index >= 15 is 0 Å². The van der Waals surface area contributed by atoms with Gasteiger partial charge in [-0.3, -0.25) is 14.3 Å². The van der Waals surface area contributed by atoms with Crippen LogP contribution in [0.25, 0.3) is 11.1 Å². The molecule has 0 radical (unpaired) electrons. The number of carbonyl (C=O) groups excluding carboxylic acids is 1. The highest BCUT2D eigenvalue weighted by atomic mass is 35.5. The number of morpholine rings is 1. The Labute approximate surface area is 185 Å². The van der Waals surface area contributed by atoms with Gasteiger partial charge in [-0.2, -0.15) is 0 Å². The van der Waals surface area contributed by atoms with Crippen molar-refractivity contribution in [2.24, 2.45) is 0 Å². The standard InChI is InChI=1S/C23H26ClN3O4/c24-18-7-2-1-6-17(18)20(26-12-14-30-15-13-26)16-25-22(28)10-5-11-27-19-8-3-4-9-21(19)31-23(27)29/h1-4,6-9,20H,5,10-16H2,(H,25,28). The van der Waals surface area contributed by atoms with Gasteiger partial charge >= 0.3 is 5.76 Å². The number of nitrogens with zero attached hydrogens (tertiary/aromatic N) is 2. The maximum atomic E-state index is 12.5. The number of fused-ring (bicyclic) bond motifs is 1. The maximum absolute atomic E-state index is 12.5. The van der Waals surface area contributed by atoms with Crippen molar-refractivity contribution in [2.45, 2.75) is 25.4 Å². The van der Waals surface area contributed by atoms with Gasteiger partial charge in [0.2, 0.25) is 5.91 Å². The average molecular weight is 444 g/mol. The predicted octanol–water partition coefficient (Wildman–Crippen LogP) is 3.22. The van der Waals surface area contributed by atoms with Crippen molar-refractivity contribution in [1.82, 2.24) is 14.8 Å². The Morgan fingerprint density at radius 3 is 2.65 bits per heavy atom. The molecule has 2 heterocycles. The Hall–Kier alpha value is -2.61. The lowest BCUT2D eigenvalue weighted by Crippen LogP contribution is -2.44. The van der Waals surface area contributed by atoms with E-state index in [2.05, 4.69) is 10.2 Å². The minimum atomic E-state index is -0.396. The van der Waals surface area contributed by atoms with Gasteiger partial charge in [0.25, 0.3) is 0 Å². The number of hydrogen-bond donors (Lipinski definition) is 1. The lowest BCUT2D eigenvalue weighted by atomic mass is 10.0. The molecule has 8 heteroatoms. The third kappa shape index (κ3) is 5.18. The highest BCUT2D eigenvalue weighted by molar-refractivity contribution is 6.31. The fourth-order valence-corrected chi connectivity index (χ4v) is 4.25. The van der Waals surface area contributed by atoms with Crippen LogP contribution in [-0.4, -0.2) is 48.2 Å². The highest BCUT2D eigenvalue weighted by Crippen LogP contribution is 2.27. The lowest BCUT2D eigenvalue weighted by molar-refractivity contribution is -0.121. The van der Waals surface area contributed by atoms with E-state index in [0.29, 0.717) is 49.8 Å². The van der Waals surface area contributed by atoms with E-state index in [1.54, 1.807) is 10.6 Å². The number of rotatable bonds is 8. The molecule has 7 nitrogen and oxygen atoms in total. The van der Waals surface area contributed by atoms with Crippen molar-refractivity contribution in [3.05, 3.63) is 69.7 Å². The number of aromatic nitrogens is 1. The van der Waals surface area contributed by atoms with Gasteiger partial charge in [0.05, 0.1) is 24.8 Å². The molecular weight excluding hydrogens is 418 g/mol. The Balaban J connectivity index is 1.35. The van der Waals surface area contributed by atoms with Gasteiger partial charge in [-0.15, -0.1) is 0 Å². The summed E-state index contributed by atoms with van der Waals surface area (Å²) in [7, 11) is 0. The summed E-state index contributed by atoms with van der Waals surface area (Å²) >= 11 is 6.44. The van der Waals surface area contributed by atoms with Crippen molar-refractivity contribution in [1.29, 1.82) is 0 Å². The largest absolute Gasteiger partial charge is 0.419 e. The molecular formula is C23H26ClN3O4. The number of hydrogen-bond acceptors (Lipinski definition) is 5. The fourth-order valence-electron chi connectivity index (χ4n) is 3.99.